The highest BCUT2D eigenvalue weighted by Crippen LogP contribution is 2.20. The molecule has 0 radical (unpaired) electrons. The SMILES string of the molecule is CC(C)n1cc(S(=O)(=O)N[C@@H]2CCN(c3cnn(C)c3)C2)cn1. The van der Waals surface area contributed by atoms with E-state index >= 15 is 0 Å². The third-order valence-corrected chi connectivity index (χ3v) is 5.46. The summed E-state index contributed by atoms with van der Waals surface area (Å²) in [6.45, 7) is 5.37. The van der Waals surface area contributed by atoms with Crippen LogP contribution in [0.5, 0.6) is 0 Å². The van der Waals surface area contributed by atoms with Crippen molar-refractivity contribution in [2.24, 2.45) is 7.05 Å². The molecule has 0 bridgehead atoms. The highest BCUT2D eigenvalue weighted by molar-refractivity contribution is 7.89. The zero-order valence-corrected chi connectivity index (χ0v) is 14.4. The van der Waals surface area contributed by atoms with E-state index in [0.717, 1.165) is 18.7 Å². The minimum atomic E-state index is -3.54. The van der Waals surface area contributed by atoms with Crippen molar-refractivity contribution in [2.75, 3.05) is 18.0 Å². The maximum atomic E-state index is 12.5. The van der Waals surface area contributed by atoms with Gasteiger partial charge < -0.3 is 4.90 Å². The van der Waals surface area contributed by atoms with Crippen LogP contribution in [0.25, 0.3) is 0 Å². The van der Waals surface area contributed by atoms with Crippen LogP contribution in [0, 0.1) is 0 Å². The summed E-state index contributed by atoms with van der Waals surface area (Å²) in [6, 6.07) is 0.0223. The Morgan fingerprint density at radius 2 is 2.04 bits per heavy atom. The summed E-state index contributed by atoms with van der Waals surface area (Å²) < 4.78 is 31.1. The summed E-state index contributed by atoms with van der Waals surface area (Å²) in [5.41, 5.74) is 1.02. The first kappa shape index (κ1) is 16.0. The fourth-order valence-corrected chi connectivity index (χ4v) is 3.89. The highest BCUT2D eigenvalue weighted by atomic mass is 32.2. The van der Waals surface area contributed by atoms with Crippen molar-refractivity contribution in [3.8, 4) is 0 Å². The van der Waals surface area contributed by atoms with Crippen LogP contribution in [0.3, 0.4) is 0 Å². The molecule has 1 N–H and O–H groups in total. The highest BCUT2D eigenvalue weighted by Gasteiger charge is 2.28. The minimum absolute atomic E-state index is 0.109. The summed E-state index contributed by atoms with van der Waals surface area (Å²) in [5.74, 6) is 0. The van der Waals surface area contributed by atoms with Gasteiger partial charge in [0, 0.05) is 44.6 Å². The lowest BCUT2D eigenvalue weighted by atomic mass is 10.3. The van der Waals surface area contributed by atoms with E-state index in [4.69, 9.17) is 0 Å². The number of aromatic nitrogens is 4. The van der Waals surface area contributed by atoms with E-state index in [1.807, 2.05) is 27.1 Å². The van der Waals surface area contributed by atoms with Crippen LogP contribution in [0.15, 0.2) is 29.7 Å². The van der Waals surface area contributed by atoms with Gasteiger partial charge in [-0.2, -0.15) is 10.2 Å². The standard InChI is InChI=1S/C14H22N6O2S/c1-11(2)20-10-14(7-16-20)23(21,22)17-12-4-5-19(8-12)13-6-15-18(3)9-13/h6-7,9-12,17H,4-5,8H2,1-3H3/t12-/m1/s1. The number of sulfonamides is 1. The number of anilines is 1. The Morgan fingerprint density at radius 1 is 1.26 bits per heavy atom. The molecule has 8 nitrogen and oxygen atoms in total. The molecule has 1 aliphatic heterocycles. The van der Waals surface area contributed by atoms with Gasteiger partial charge in [0.2, 0.25) is 10.0 Å². The van der Waals surface area contributed by atoms with Gasteiger partial charge in [-0.1, -0.05) is 0 Å². The first-order valence-corrected chi connectivity index (χ1v) is 9.13. The van der Waals surface area contributed by atoms with Gasteiger partial charge in [0.1, 0.15) is 4.90 Å². The monoisotopic (exact) mass is 338 g/mol. The van der Waals surface area contributed by atoms with Crippen LogP contribution in [0.4, 0.5) is 5.69 Å². The van der Waals surface area contributed by atoms with Gasteiger partial charge in [-0.25, -0.2) is 13.1 Å². The van der Waals surface area contributed by atoms with Gasteiger partial charge in [-0.05, 0) is 20.3 Å². The van der Waals surface area contributed by atoms with Crippen LogP contribution in [-0.2, 0) is 17.1 Å². The predicted molar refractivity (Wildman–Crippen MR) is 86.8 cm³/mol. The lowest BCUT2D eigenvalue weighted by Crippen LogP contribution is -2.36. The van der Waals surface area contributed by atoms with Crippen LogP contribution in [0.1, 0.15) is 26.3 Å². The molecule has 3 rings (SSSR count). The third kappa shape index (κ3) is 3.40. The predicted octanol–water partition coefficient (Wildman–Crippen LogP) is 0.755. The molecule has 126 valence electrons. The zero-order chi connectivity index (χ0) is 16.6. The van der Waals surface area contributed by atoms with E-state index in [1.165, 1.54) is 6.20 Å². The average Bonchev–Trinajstić information content (AvgIpc) is 3.16. The first-order chi connectivity index (χ1) is 10.8. The normalized spacial score (nSPS) is 19.0. The molecule has 3 heterocycles. The van der Waals surface area contributed by atoms with Crippen molar-refractivity contribution in [2.45, 2.75) is 37.2 Å². The molecule has 0 unspecified atom stereocenters. The fraction of sp³-hybridized carbons (Fsp3) is 0.571. The summed E-state index contributed by atoms with van der Waals surface area (Å²) in [4.78, 5) is 2.35. The molecular weight excluding hydrogens is 316 g/mol. The molecule has 1 fully saturated rings. The first-order valence-electron chi connectivity index (χ1n) is 7.65. The largest absolute Gasteiger partial charge is 0.367 e. The lowest BCUT2D eigenvalue weighted by Gasteiger charge is -2.16. The number of aryl methyl sites for hydroxylation is 1. The number of nitrogens with zero attached hydrogens (tertiary/aromatic N) is 5. The van der Waals surface area contributed by atoms with E-state index < -0.39 is 10.0 Å². The van der Waals surface area contributed by atoms with Crippen LogP contribution in [0.2, 0.25) is 0 Å². The summed E-state index contributed by atoms with van der Waals surface area (Å²) in [6.07, 6.45) is 7.47. The van der Waals surface area contributed by atoms with Gasteiger partial charge in [0.15, 0.2) is 0 Å². The minimum Gasteiger partial charge on any atom is -0.367 e. The second kappa shape index (κ2) is 5.97. The molecule has 1 atom stereocenters. The Labute approximate surface area is 136 Å². The molecule has 0 spiro atoms. The van der Waals surface area contributed by atoms with Gasteiger partial charge in [0.25, 0.3) is 0 Å². The van der Waals surface area contributed by atoms with Crippen molar-refractivity contribution in [3.05, 3.63) is 24.8 Å². The molecule has 0 aromatic carbocycles. The van der Waals surface area contributed by atoms with Crippen LogP contribution >= 0.6 is 0 Å². The Balaban J connectivity index is 1.67. The second-order valence-corrected chi connectivity index (χ2v) is 7.89. The summed E-state index contributed by atoms with van der Waals surface area (Å²) in [7, 11) is -1.67. The van der Waals surface area contributed by atoms with Gasteiger partial charge in [-0.15, -0.1) is 0 Å². The molecule has 0 amide bonds. The molecular formula is C14H22N6O2S. The lowest BCUT2D eigenvalue weighted by molar-refractivity contribution is 0.530. The third-order valence-electron chi connectivity index (χ3n) is 3.98. The Hall–Kier alpha value is -1.87. The number of nitrogens with one attached hydrogen (secondary N) is 1. The molecule has 9 heteroatoms. The van der Waals surface area contributed by atoms with E-state index in [1.54, 1.807) is 21.8 Å². The summed E-state index contributed by atoms with van der Waals surface area (Å²) in [5, 5.41) is 8.25. The molecule has 1 saturated heterocycles. The van der Waals surface area contributed by atoms with Gasteiger partial charge in [0.05, 0.1) is 18.1 Å². The van der Waals surface area contributed by atoms with Crippen molar-refractivity contribution >= 4 is 15.7 Å². The van der Waals surface area contributed by atoms with Crippen LogP contribution < -0.4 is 9.62 Å². The maximum Gasteiger partial charge on any atom is 0.244 e. The van der Waals surface area contributed by atoms with Crippen LogP contribution in [-0.4, -0.2) is 47.1 Å². The molecule has 23 heavy (non-hydrogen) atoms. The Kier molecular flexibility index (Phi) is 4.15. The molecule has 0 aliphatic carbocycles. The number of hydrogen-bond donors (Lipinski definition) is 1. The van der Waals surface area contributed by atoms with Crippen molar-refractivity contribution in [1.82, 2.24) is 24.3 Å². The van der Waals surface area contributed by atoms with Gasteiger partial charge in [-0.3, -0.25) is 9.36 Å². The van der Waals surface area contributed by atoms with E-state index in [9.17, 15) is 8.42 Å². The summed E-state index contributed by atoms with van der Waals surface area (Å²) >= 11 is 0. The molecule has 1 aliphatic rings. The van der Waals surface area contributed by atoms with E-state index in [2.05, 4.69) is 19.8 Å². The fourth-order valence-electron chi connectivity index (χ4n) is 2.69. The smallest absolute Gasteiger partial charge is 0.244 e. The number of rotatable bonds is 5. The zero-order valence-electron chi connectivity index (χ0n) is 13.5. The maximum absolute atomic E-state index is 12.5. The van der Waals surface area contributed by atoms with Crippen molar-refractivity contribution < 1.29 is 8.42 Å². The molecule has 0 saturated carbocycles. The van der Waals surface area contributed by atoms with Crippen molar-refractivity contribution in [1.29, 1.82) is 0 Å². The quantitative estimate of drug-likeness (QED) is 0.870. The molecule has 2 aromatic heterocycles. The molecule has 2 aromatic rings. The second-order valence-electron chi connectivity index (χ2n) is 6.17. The topological polar surface area (TPSA) is 85.0 Å². The van der Waals surface area contributed by atoms with Gasteiger partial charge >= 0.3 is 0 Å². The average molecular weight is 338 g/mol. The van der Waals surface area contributed by atoms with E-state index in [-0.39, 0.29) is 17.0 Å². The number of hydrogen-bond acceptors (Lipinski definition) is 5. The van der Waals surface area contributed by atoms with E-state index in [0.29, 0.717) is 6.54 Å². The Morgan fingerprint density at radius 3 is 2.65 bits per heavy atom. The Bertz CT molecular complexity index is 779. The van der Waals surface area contributed by atoms with Crippen molar-refractivity contribution in [3.63, 3.8) is 0 Å².